The van der Waals surface area contributed by atoms with Gasteiger partial charge in [0.05, 0.1) is 25.0 Å². The van der Waals surface area contributed by atoms with E-state index in [2.05, 4.69) is 20.5 Å². The van der Waals surface area contributed by atoms with Crippen molar-refractivity contribution in [1.29, 1.82) is 0 Å². The van der Waals surface area contributed by atoms with Gasteiger partial charge in [-0.05, 0) is 50.2 Å². The molecule has 0 fully saturated rings. The smallest absolute Gasteiger partial charge is 0.267 e. The monoisotopic (exact) mass is 450 g/mol. The Kier molecular flexibility index (Phi) is 6.13. The van der Waals surface area contributed by atoms with Gasteiger partial charge >= 0.3 is 0 Å². The molecule has 32 heavy (non-hydrogen) atoms. The summed E-state index contributed by atoms with van der Waals surface area (Å²) in [6.45, 7) is 3.85. The van der Waals surface area contributed by atoms with Crippen molar-refractivity contribution in [1.82, 2.24) is 29.9 Å². The average molecular weight is 451 g/mol. The van der Waals surface area contributed by atoms with E-state index in [4.69, 9.17) is 4.74 Å². The van der Waals surface area contributed by atoms with Crippen molar-refractivity contribution in [2.45, 2.75) is 26.9 Å². The first-order valence-corrected chi connectivity index (χ1v) is 10.8. The van der Waals surface area contributed by atoms with Crippen molar-refractivity contribution in [2.24, 2.45) is 0 Å². The first-order valence-electron chi connectivity index (χ1n) is 9.90. The Bertz CT molecular complexity index is 1310. The van der Waals surface area contributed by atoms with Gasteiger partial charge in [-0.2, -0.15) is 5.10 Å². The van der Waals surface area contributed by atoms with Gasteiger partial charge in [0.2, 0.25) is 5.91 Å². The zero-order chi connectivity index (χ0) is 22.7. The van der Waals surface area contributed by atoms with E-state index in [1.54, 1.807) is 17.9 Å². The van der Waals surface area contributed by atoms with E-state index in [1.165, 1.54) is 17.4 Å². The first-order chi connectivity index (χ1) is 15.4. The number of rotatable bonds is 7. The van der Waals surface area contributed by atoms with Gasteiger partial charge in [0.25, 0.3) is 5.56 Å². The summed E-state index contributed by atoms with van der Waals surface area (Å²) in [6, 6.07) is 12.5. The number of carbonyl (C=O) groups excluding carboxylic acids is 1. The SMILES string of the molecule is COc1ccc(-c2nc(CNC(=O)Cn3nc(-n4nc(C)cc4C)ccc3=O)cs2)cc1. The van der Waals surface area contributed by atoms with Crippen LogP contribution in [0.4, 0.5) is 0 Å². The van der Waals surface area contributed by atoms with E-state index >= 15 is 0 Å². The van der Waals surface area contributed by atoms with E-state index in [9.17, 15) is 9.59 Å². The van der Waals surface area contributed by atoms with Crippen LogP contribution < -0.4 is 15.6 Å². The Morgan fingerprint density at radius 1 is 1.12 bits per heavy atom. The third kappa shape index (κ3) is 4.75. The molecule has 4 rings (SSSR count). The second-order valence-corrected chi connectivity index (χ2v) is 8.03. The van der Waals surface area contributed by atoms with Crippen LogP contribution in [0.15, 0.2) is 52.6 Å². The number of amides is 1. The number of aromatic nitrogens is 5. The van der Waals surface area contributed by atoms with Gasteiger partial charge in [-0.3, -0.25) is 9.59 Å². The summed E-state index contributed by atoms with van der Waals surface area (Å²) in [6.07, 6.45) is 0. The Balaban J connectivity index is 1.40. The van der Waals surface area contributed by atoms with Crippen LogP contribution in [0, 0.1) is 13.8 Å². The number of hydrogen-bond acceptors (Lipinski definition) is 7. The maximum absolute atomic E-state index is 12.4. The number of ether oxygens (including phenoxy) is 1. The maximum atomic E-state index is 12.4. The van der Waals surface area contributed by atoms with Gasteiger partial charge in [0.15, 0.2) is 5.82 Å². The van der Waals surface area contributed by atoms with Crippen LogP contribution in [0.3, 0.4) is 0 Å². The van der Waals surface area contributed by atoms with Crippen molar-refractivity contribution in [2.75, 3.05) is 7.11 Å². The molecule has 9 nitrogen and oxygen atoms in total. The molecular weight excluding hydrogens is 428 g/mol. The van der Waals surface area contributed by atoms with Crippen LogP contribution in [0.2, 0.25) is 0 Å². The Labute approximate surface area is 188 Å². The number of aryl methyl sites for hydroxylation is 2. The number of benzene rings is 1. The number of carbonyl (C=O) groups is 1. The molecule has 0 radical (unpaired) electrons. The fraction of sp³-hybridized carbons (Fsp3) is 0.227. The van der Waals surface area contributed by atoms with E-state index in [1.807, 2.05) is 49.6 Å². The lowest BCUT2D eigenvalue weighted by atomic mass is 10.2. The number of hydrogen-bond donors (Lipinski definition) is 1. The largest absolute Gasteiger partial charge is 0.497 e. The number of methoxy groups -OCH3 is 1. The molecular formula is C22H22N6O3S. The molecule has 0 unspecified atom stereocenters. The summed E-state index contributed by atoms with van der Waals surface area (Å²) in [5.74, 6) is 0.930. The molecule has 10 heteroatoms. The van der Waals surface area contributed by atoms with Crippen molar-refractivity contribution < 1.29 is 9.53 Å². The fourth-order valence-electron chi connectivity index (χ4n) is 3.16. The van der Waals surface area contributed by atoms with Gasteiger partial charge in [0.1, 0.15) is 17.3 Å². The first kappa shape index (κ1) is 21.4. The summed E-state index contributed by atoms with van der Waals surface area (Å²) < 4.78 is 7.94. The minimum absolute atomic E-state index is 0.193. The standard InChI is InChI=1S/C22H22N6O3S/c1-14-10-15(2)28(25-14)19-8-9-21(30)27(26-19)12-20(29)23-11-17-13-32-22(24-17)16-4-6-18(31-3)7-5-16/h4-10,13H,11-12H2,1-3H3,(H,23,29). The highest BCUT2D eigenvalue weighted by molar-refractivity contribution is 7.13. The quantitative estimate of drug-likeness (QED) is 0.464. The summed E-state index contributed by atoms with van der Waals surface area (Å²) >= 11 is 1.50. The third-order valence-electron chi connectivity index (χ3n) is 4.73. The van der Waals surface area contributed by atoms with Crippen molar-refractivity contribution >= 4 is 17.2 Å². The Morgan fingerprint density at radius 3 is 2.59 bits per heavy atom. The van der Waals surface area contributed by atoms with E-state index in [-0.39, 0.29) is 24.6 Å². The van der Waals surface area contributed by atoms with E-state index in [0.717, 1.165) is 38.1 Å². The van der Waals surface area contributed by atoms with Crippen molar-refractivity contribution in [3.05, 3.63) is 75.3 Å². The van der Waals surface area contributed by atoms with Crippen LogP contribution in [0.5, 0.6) is 5.75 Å². The Hall–Kier alpha value is -3.79. The topological polar surface area (TPSA) is 104 Å². The lowest BCUT2D eigenvalue weighted by Crippen LogP contribution is -2.33. The van der Waals surface area contributed by atoms with Gasteiger partial charge in [-0.25, -0.2) is 14.3 Å². The van der Waals surface area contributed by atoms with Gasteiger partial charge in [-0.1, -0.05) is 0 Å². The van der Waals surface area contributed by atoms with Crippen molar-refractivity contribution in [3.8, 4) is 22.1 Å². The lowest BCUT2D eigenvalue weighted by Gasteiger charge is -2.08. The van der Waals surface area contributed by atoms with Crippen LogP contribution >= 0.6 is 11.3 Å². The van der Waals surface area contributed by atoms with Gasteiger partial charge in [-0.15, -0.1) is 16.4 Å². The molecule has 0 saturated carbocycles. The van der Waals surface area contributed by atoms with Crippen molar-refractivity contribution in [3.63, 3.8) is 0 Å². The van der Waals surface area contributed by atoms with Crippen LogP contribution in [-0.4, -0.2) is 37.6 Å². The molecule has 0 spiro atoms. The molecule has 3 aromatic heterocycles. The maximum Gasteiger partial charge on any atom is 0.267 e. The van der Waals surface area contributed by atoms with Gasteiger partial charge < -0.3 is 10.1 Å². The normalized spacial score (nSPS) is 10.8. The second-order valence-electron chi connectivity index (χ2n) is 7.18. The molecule has 3 heterocycles. The summed E-state index contributed by atoms with van der Waals surface area (Å²) in [5.41, 5.74) is 3.09. The number of nitrogens with one attached hydrogen (secondary N) is 1. The molecule has 0 aliphatic carbocycles. The molecule has 1 N–H and O–H groups in total. The number of thiazole rings is 1. The van der Waals surface area contributed by atoms with E-state index < -0.39 is 0 Å². The van der Waals surface area contributed by atoms with Crippen LogP contribution in [-0.2, 0) is 17.9 Å². The predicted molar refractivity (Wildman–Crippen MR) is 121 cm³/mol. The molecule has 1 aromatic carbocycles. The molecule has 0 atom stereocenters. The highest BCUT2D eigenvalue weighted by atomic mass is 32.1. The lowest BCUT2D eigenvalue weighted by molar-refractivity contribution is -0.122. The number of nitrogens with zero attached hydrogens (tertiary/aromatic N) is 5. The average Bonchev–Trinajstić information content (AvgIpc) is 3.40. The van der Waals surface area contributed by atoms with Crippen LogP contribution in [0.25, 0.3) is 16.4 Å². The molecule has 4 aromatic rings. The Morgan fingerprint density at radius 2 is 1.91 bits per heavy atom. The summed E-state index contributed by atoms with van der Waals surface area (Å²) in [4.78, 5) is 29.2. The van der Waals surface area contributed by atoms with Crippen LogP contribution in [0.1, 0.15) is 17.1 Å². The van der Waals surface area contributed by atoms with Gasteiger partial charge in [0, 0.05) is 22.7 Å². The third-order valence-corrected chi connectivity index (χ3v) is 5.67. The summed E-state index contributed by atoms with van der Waals surface area (Å²) in [7, 11) is 1.62. The summed E-state index contributed by atoms with van der Waals surface area (Å²) in [5, 5.41) is 14.2. The second kappa shape index (κ2) is 9.15. The predicted octanol–water partition coefficient (Wildman–Crippen LogP) is 2.49. The molecule has 0 bridgehead atoms. The highest BCUT2D eigenvalue weighted by Gasteiger charge is 2.11. The molecule has 164 valence electrons. The molecule has 1 amide bonds. The molecule has 0 saturated heterocycles. The minimum Gasteiger partial charge on any atom is -0.497 e. The molecule has 0 aliphatic rings. The minimum atomic E-state index is -0.360. The molecule has 0 aliphatic heterocycles. The van der Waals surface area contributed by atoms with E-state index in [0.29, 0.717) is 5.82 Å². The highest BCUT2D eigenvalue weighted by Crippen LogP contribution is 2.25. The zero-order valence-corrected chi connectivity index (χ0v) is 18.7. The fourth-order valence-corrected chi connectivity index (χ4v) is 3.99. The zero-order valence-electron chi connectivity index (χ0n) is 17.9.